The number of hydrogen-bond donors (Lipinski definition) is 1. The topological polar surface area (TPSA) is 29.3 Å². The van der Waals surface area contributed by atoms with Gasteiger partial charge in [-0.1, -0.05) is 30.3 Å². The molecule has 0 saturated carbocycles. The van der Waals surface area contributed by atoms with E-state index in [1.807, 2.05) is 11.8 Å². The van der Waals surface area contributed by atoms with Gasteiger partial charge in [0.15, 0.2) is 0 Å². The van der Waals surface area contributed by atoms with Crippen LogP contribution in [0.15, 0.2) is 30.3 Å². The fraction of sp³-hybridized carbons (Fsp3) is 0.625. The van der Waals surface area contributed by atoms with Gasteiger partial charge >= 0.3 is 0 Å². The Morgan fingerprint density at radius 2 is 2.16 bits per heavy atom. The van der Waals surface area contributed by atoms with E-state index >= 15 is 0 Å². The second-order valence-electron chi connectivity index (χ2n) is 5.60. The zero-order valence-electron chi connectivity index (χ0n) is 11.9. The van der Waals surface area contributed by atoms with E-state index in [0.29, 0.717) is 12.0 Å². The summed E-state index contributed by atoms with van der Waals surface area (Å²) in [5.41, 5.74) is 7.46. The zero-order chi connectivity index (χ0) is 13.5. The lowest BCUT2D eigenvalue weighted by Crippen LogP contribution is -2.43. The lowest BCUT2D eigenvalue weighted by molar-refractivity contribution is 0.169. The second kappa shape index (κ2) is 7.93. The average Bonchev–Trinajstić information content (AvgIpc) is 2.45. The Hall–Kier alpha value is -0.510. The predicted octanol–water partition coefficient (Wildman–Crippen LogP) is 2.98. The van der Waals surface area contributed by atoms with Crippen LogP contribution in [0.3, 0.4) is 0 Å². The highest BCUT2D eigenvalue weighted by atomic mass is 32.2. The highest BCUT2D eigenvalue weighted by Crippen LogP contribution is 2.19. The summed E-state index contributed by atoms with van der Waals surface area (Å²) in [6.45, 7) is 5.82. The lowest BCUT2D eigenvalue weighted by atomic mass is 9.92. The Kier molecular flexibility index (Phi) is 6.21. The van der Waals surface area contributed by atoms with Crippen LogP contribution < -0.4 is 5.73 Å². The summed E-state index contributed by atoms with van der Waals surface area (Å²) in [5.74, 6) is 3.05. The molecule has 0 aromatic heterocycles. The van der Waals surface area contributed by atoms with Gasteiger partial charge in [0, 0.05) is 30.6 Å². The molecular weight excluding hydrogens is 252 g/mol. The van der Waals surface area contributed by atoms with Gasteiger partial charge in [0.2, 0.25) is 0 Å². The van der Waals surface area contributed by atoms with Gasteiger partial charge in [0.1, 0.15) is 0 Å². The molecule has 3 heteroatoms. The predicted molar refractivity (Wildman–Crippen MR) is 85.4 cm³/mol. The summed E-state index contributed by atoms with van der Waals surface area (Å²) in [5, 5.41) is 0. The van der Waals surface area contributed by atoms with Crippen LogP contribution in [-0.4, -0.2) is 36.3 Å². The number of nitrogens with two attached hydrogens (primary N) is 1. The lowest BCUT2D eigenvalue weighted by Gasteiger charge is -2.34. The van der Waals surface area contributed by atoms with Crippen molar-refractivity contribution in [1.29, 1.82) is 0 Å². The van der Waals surface area contributed by atoms with Crippen molar-refractivity contribution in [1.82, 2.24) is 4.90 Å². The minimum atomic E-state index is 0.347. The van der Waals surface area contributed by atoms with Gasteiger partial charge < -0.3 is 10.6 Å². The summed E-state index contributed by atoms with van der Waals surface area (Å²) in [7, 11) is 0. The van der Waals surface area contributed by atoms with Gasteiger partial charge in [-0.3, -0.25) is 0 Å². The first kappa shape index (κ1) is 14.9. The molecule has 1 fully saturated rings. The van der Waals surface area contributed by atoms with Gasteiger partial charge in [-0.25, -0.2) is 0 Å². The van der Waals surface area contributed by atoms with Crippen LogP contribution in [0.5, 0.6) is 0 Å². The molecule has 0 aliphatic carbocycles. The van der Waals surface area contributed by atoms with Gasteiger partial charge in [0.05, 0.1) is 0 Å². The normalized spacial score (nSPS) is 22.3. The van der Waals surface area contributed by atoms with E-state index in [1.165, 1.54) is 43.8 Å². The number of nitrogens with zero attached hydrogens (tertiary/aromatic N) is 1. The fourth-order valence-corrected chi connectivity index (χ4v) is 3.64. The smallest absolute Gasteiger partial charge is 0.0185 e. The van der Waals surface area contributed by atoms with E-state index < -0.39 is 0 Å². The van der Waals surface area contributed by atoms with Crippen LogP contribution in [0.25, 0.3) is 0 Å². The molecule has 1 heterocycles. The van der Waals surface area contributed by atoms with E-state index in [1.54, 1.807) is 0 Å². The van der Waals surface area contributed by atoms with Gasteiger partial charge in [0.25, 0.3) is 0 Å². The molecule has 106 valence electrons. The molecule has 1 aliphatic rings. The maximum absolute atomic E-state index is 6.03. The molecule has 1 aliphatic heterocycles. The largest absolute Gasteiger partial charge is 0.328 e. The van der Waals surface area contributed by atoms with Gasteiger partial charge in [-0.05, 0) is 37.8 Å². The first-order chi connectivity index (χ1) is 9.25. The maximum atomic E-state index is 6.03. The molecule has 1 aromatic carbocycles. The van der Waals surface area contributed by atoms with Crippen molar-refractivity contribution in [3.63, 3.8) is 0 Å². The first-order valence-corrected chi connectivity index (χ1v) is 8.51. The quantitative estimate of drug-likeness (QED) is 0.811. The maximum Gasteiger partial charge on any atom is 0.0185 e. The van der Waals surface area contributed by atoms with Crippen molar-refractivity contribution in [3.8, 4) is 0 Å². The molecule has 0 radical (unpaired) electrons. The molecule has 2 atom stereocenters. The summed E-state index contributed by atoms with van der Waals surface area (Å²) < 4.78 is 0. The van der Waals surface area contributed by atoms with E-state index in [4.69, 9.17) is 5.73 Å². The van der Waals surface area contributed by atoms with Crippen molar-refractivity contribution in [3.05, 3.63) is 35.9 Å². The number of hydrogen-bond acceptors (Lipinski definition) is 3. The SMILES string of the molecule is CC(N)C1CCCN(CCSCc2ccccc2)C1. The number of likely N-dealkylation sites (tertiary alicyclic amines) is 1. The zero-order valence-corrected chi connectivity index (χ0v) is 12.7. The van der Waals surface area contributed by atoms with Crippen LogP contribution in [-0.2, 0) is 5.75 Å². The van der Waals surface area contributed by atoms with E-state index in [2.05, 4.69) is 42.2 Å². The minimum Gasteiger partial charge on any atom is -0.328 e. The highest BCUT2D eigenvalue weighted by Gasteiger charge is 2.21. The van der Waals surface area contributed by atoms with Crippen molar-refractivity contribution in [2.24, 2.45) is 11.7 Å². The van der Waals surface area contributed by atoms with E-state index in [-0.39, 0.29) is 0 Å². The number of thioether (sulfide) groups is 1. The minimum absolute atomic E-state index is 0.347. The number of benzene rings is 1. The third kappa shape index (κ3) is 5.17. The first-order valence-electron chi connectivity index (χ1n) is 7.35. The summed E-state index contributed by atoms with van der Waals surface area (Å²) in [6.07, 6.45) is 2.63. The standard InChI is InChI=1S/C16H26N2S/c1-14(17)16-8-5-9-18(12-16)10-11-19-13-15-6-3-2-4-7-15/h2-4,6-7,14,16H,5,8-13,17H2,1H3. The molecule has 19 heavy (non-hydrogen) atoms. The number of piperidine rings is 1. The second-order valence-corrected chi connectivity index (χ2v) is 6.71. The van der Waals surface area contributed by atoms with Gasteiger partial charge in [-0.2, -0.15) is 11.8 Å². The molecule has 0 amide bonds. The van der Waals surface area contributed by atoms with Crippen LogP contribution in [0, 0.1) is 5.92 Å². The molecule has 2 nitrogen and oxygen atoms in total. The Morgan fingerprint density at radius 3 is 2.89 bits per heavy atom. The van der Waals surface area contributed by atoms with Crippen molar-refractivity contribution >= 4 is 11.8 Å². The van der Waals surface area contributed by atoms with Crippen molar-refractivity contribution < 1.29 is 0 Å². The molecule has 2 rings (SSSR count). The molecule has 2 unspecified atom stereocenters. The highest BCUT2D eigenvalue weighted by molar-refractivity contribution is 7.98. The molecule has 0 spiro atoms. The Labute approximate surface area is 121 Å². The summed E-state index contributed by atoms with van der Waals surface area (Å²) in [4.78, 5) is 2.59. The molecular formula is C16H26N2S. The third-order valence-corrected chi connectivity index (χ3v) is 4.96. The molecule has 1 aromatic rings. The summed E-state index contributed by atoms with van der Waals surface area (Å²) >= 11 is 2.04. The van der Waals surface area contributed by atoms with Gasteiger partial charge in [-0.15, -0.1) is 0 Å². The van der Waals surface area contributed by atoms with Crippen molar-refractivity contribution in [2.45, 2.75) is 31.6 Å². The molecule has 2 N–H and O–H groups in total. The van der Waals surface area contributed by atoms with Crippen LogP contribution in [0.4, 0.5) is 0 Å². The number of rotatable bonds is 6. The van der Waals surface area contributed by atoms with E-state index in [0.717, 1.165) is 5.75 Å². The Bertz CT molecular complexity index is 353. The molecule has 0 bridgehead atoms. The monoisotopic (exact) mass is 278 g/mol. The third-order valence-electron chi connectivity index (χ3n) is 3.95. The average molecular weight is 278 g/mol. The Morgan fingerprint density at radius 1 is 1.37 bits per heavy atom. The van der Waals surface area contributed by atoms with Crippen LogP contribution >= 0.6 is 11.8 Å². The molecule has 1 saturated heterocycles. The van der Waals surface area contributed by atoms with Crippen LogP contribution in [0.1, 0.15) is 25.3 Å². The van der Waals surface area contributed by atoms with Crippen molar-refractivity contribution in [2.75, 3.05) is 25.4 Å². The summed E-state index contributed by atoms with van der Waals surface area (Å²) in [6, 6.07) is 11.1. The fourth-order valence-electron chi connectivity index (χ4n) is 2.68. The van der Waals surface area contributed by atoms with E-state index in [9.17, 15) is 0 Å². The Balaban J connectivity index is 1.63. The van der Waals surface area contributed by atoms with Crippen LogP contribution in [0.2, 0.25) is 0 Å².